The molecule has 22 heavy (non-hydrogen) atoms. The van der Waals surface area contributed by atoms with Crippen molar-refractivity contribution in [1.82, 2.24) is 5.32 Å². The lowest BCUT2D eigenvalue weighted by Gasteiger charge is -2.18. The predicted octanol–water partition coefficient (Wildman–Crippen LogP) is 3.37. The third-order valence-electron chi connectivity index (χ3n) is 3.21. The quantitative estimate of drug-likeness (QED) is 0.860. The number of amides is 1. The fourth-order valence-electron chi connectivity index (χ4n) is 2.03. The summed E-state index contributed by atoms with van der Waals surface area (Å²) >= 11 is 5.81. The minimum atomic E-state index is -0.447. The zero-order chi connectivity index (χ0) is 15.9. The molecule has 2 rings (SSSR count). The van der Waals surface area contributed by atoms with Gasteiger partial charge in [0.1, 0.15) is 0 Å². The van der Waals surface area contributed by atoms with Crippen molar-refractivity contribution in [1.29, 1.82) is 0 Å². The van der Waals surface area contributed by atoms with Crippen LogP contribution in [-0.4, -0.2) is 19.0 Å². The van der Waals surface area contributed by atoms with Gasteiger partial charge in [-0.25, -0.2) is 0 Å². The van der Waals surface area contributed by atoms with E-state index < -0.39 is 6.04 Å². The van der Waals surface area contributed by atoms with Crippen LogP contribution in [0.5, 0.6) is 0 Å². The molecule has 0 heterocycles. The molecular weight excluding hydrogens is 302 g/mol. The van der Waals surface area contributed by atoms with Gasteiger partial charge in [0, 0.05) is 10.6 Å². The average Bonchev–Trinajstić information content (AvgIpc) is 2.55. The van der Waals surface area contributed by atoms with Crippen LogP contribution in [0.3, 0.4) is 0 Å². The number of benzene rings is 2. The van der Waals surface area contributed by atoms with Crippen molar-refractivity contribution in [3.05, 3.63) is 70.7 Å². The van der Waals surface area contributed by atoms with Gasteiger partial charge in [-0.1, -0.05) is 41.9 Å². The predicted molar refractivity (Wildman–Crippen MR) is 84.7 cm³/mol. The molecule has 114 valence electrons. The van der Waals surface area contributed by atoms with E-state index in [1.54, 1.807) is 24.3 Å². The molecular formula is C17H16ClNO3. The van der Waals surface area contributed by atoms with E-state index in [0.717, 1.165) is 5.56 Å². The Bertz CT molecular complexity index is 641. The number of methoxy groups -OCH3 is 1. The molecule has 0 aliphatic carbocycles. The van der Waals surface area contributed by atoms with Gasteiger partial charge in [-0.3, -0.25) is 9.59 Å². The van der Waals surface area contributed by atoms with Gasteiger partial charge in [0.05, 0.1) is 19.6 Å². The highest BCUT2D eigenvalue weighted by Crippen LogP contribution is 2.18. The molecule has 1 N–H and O–H groups in total. The molecule has 1 atom stereocenters. The first-order valence-electron chi connectivity index (χ1n) is 6.78. The molecule has 0 radical (unpaired) electrons. The van der Waals surface area contributed by atoms with Gasteiger partial charge in [0.25, 0.3) is 5.91 Å². The van der Waals surface area contributed by atoms with Gasteiger partial charge in [0.15, 0.2) is 0 Å². The zero-order valence-electron chi connectivity index (χ0n) is 12.1. The number of rotatable bonds is 5. The number of esters is 1. The van der Waals surface area contributed by atoms with E-state index in [0.29, 0.717) is 10.6 Å². The van der Waals surface area contributed by atoms with E-state index in [4.69, 9.17) is 16.3 Å². The van der Waals surface area contributed by atoms with E-state index in [2.05, 4.69) is 5.32 Å². The Morgan fingerprint density at radius 1 is 1.09 bits per heavy atom. The molecule has 0 aliphatic heterocycles. The summed E-state index contributed by atoms with van der Waals surface area (Å²) in [4.78, 5) is 23.9. The molecule has 0 aliphatic rings. The van der Waals surface area contributed by atoms with Gasteiger partial charge in [0.2, 0.25) is 0 Å². The van der Waals surface area contributed by atoms with E-state index >= 15 is 0 Å². The maximum Gasteiger partial charge on any atom is 0.307 e. The Hall–Kier alpha value is -2.33. The molecule has 0 aromatic heterocycles. The van der Waals surface area contributed by atoms with Gasteiger partial charge < -0.3 is 10.1 Å². The maximum absolute atomic E-state index is 12.3. The number of nitrogens with one attached hydrogen (secondary N) is 1. The first-order valence-corrected chi connectivity index (χ1v) is 7.16. The van der Waals surface area contributed by atoms with Crippen molar-refractivity contribution >= 4 is 23.5 Å². The van der Waals surface area contributed by atoms with Crippen LogP contribution >= 0.6 is 11.6 Å². The second-order valence-electron chi connectivity index (χ2n) is 4.72. The minimum Gasteiger partial charge on any atom is -0.469 e. The molecule has 0 fully saturated rings. The van der Waals surface area contributed by atoms with Crippen molar-refractivity contribution in [2.45, 2.75) is 12.5 Å². The summed E-state index contributed by atoms with van der Waals surface area (Å²) in [5.41, 5.74) is 1.32. The lowest BCUT2D eigenvalue weighted by atomic mass is 10.0. The molecule has 0 bridgehead atoms. The average molecular weight is 318 g/mol. The fraction of sp³-hybridized carbons (Fsp3) is 0.176. The SMILES string of the molecule is COC(=O)CC(NC(=O)c1ccc(Cl)cc1)c1ccccc1. The second kappa shape index (κ2) is 7.61. The van der Waals surface area contributed by atoms with Gasteiger partial charge in [-0.15, -0.1) is 0 Å². The molecule has 0 saturated heterocycles. The molecule has 1 amide bonds. The number of halogens is 1. The molecule has 0 saturated carbocycles. The maximum atomic E-state index is 12.3. The Morgan fingerprint density at radius 2 is 1.73 bits per heavy atom. The fourth-order valence-corrected chi connectivity index (χ4v) is 2.16. The van der Waals surface area contributed by atoms with Crippen LogP contribution in [0.2, 0.25) is 5.02 Å². The normalized spacial score (nSPS) is 11.5. The molecule has 2 aromatic rings. The van der Waals surface area contributed by atoms with Crippen LogP contribution in [0.25, 0.3) is 0 Å². The summed E-state index contributed by atoms with van der Waals surface area (Å²) in [5.74, 6) is -0.653. The van der Waals surface area contributed by atoms with Crippen molar-refractivity contribution in [3.63, 3.8) is 0 Å². The van der Waals surface area contributed by atoms with Gasteiger partial charge in [-0.05, 0) is 29.8 Å². The highest BCUT2D eigenvalue weighted by atomic mass is 35.5. The third-order valence-corrected chi connectivity index (χ3v) is 3.46. The van der Waals surface area contributed by atoms with Crippen LogP contribution in [-0.2, 0) is 9.53 Å². The van der Waals surface area contributed by atoms with Gasteiger partial charge in [-0.2, -0.15) is 0 Å². The molecule has 4 nitrogen and oxygen atoms in total. The summed E-state index contributed by atoms with van der Waals surface area (Å²) in [6.45, 7) is 0. The van der Waals surface area contributed by atoms with E-state index in [1.807, 2.05) is 30.3 Å². The lowest BCUT2D eigenvalue weighted by Crippen LogP contribution is -2.30. The highest BCUT2D eigenvalue weighted by molar-refractivity contribution is 6.30. The molecule has 2 aromatic carbocycles. The van der Waals surface area contributed by atoms with Crippen LogP contribution < -0.4 is 5.32 Å². The van der Waals surface area contributed by atoms with Crippen LogP contribution in [0, 0.1) is 0 Å². The van der Waals surface area contributed by atoms with Crippen LogP contribution in [0.15, 0.2) is 54.6 Å². The third kappa shape index (κ3) is 4.33. The zero-order valence-corrected chi connectivity index (χ0v) is 12.8. The van der Waals surface area contributed by atoms with E-state index in [-0.39, 0.29) is 18.3 Å². The van der Waals surface area contributed by atoms with Crippen molar-refractivity contribution in [2.24, 2.45) is 0 Å². The lowest BCUT2D eigenvalue weighted by molar-refractivity contribution is -0.141. The Balaban J connectivity index is 2.17. The molecule has 5 heteroatoms. The minimum absolute atomic E-state index is 0.0693. The summed E-state index contributed by atoms with van der Waals surface area (Å²) in [5, 5.41) is 3.41. The van der Waals surface area contributed by atoms with Crippen molar-refractivity contribution in [2.75, 3.05) is 7.11 Å². The van der Waals surface area contributed by atoms with Crippen molar-refractivity contribution in [3.8, 4) is 0 Å². The first kappa shape index (κ1) is 16.0. The Labute approximate surface area is 134 Å². The summed E-state index contributed by atoms with van der Waals surface area (Å²) in [6, 6.07) is 15.4. The summed E-state index contributed by atoms with van der Waals surface area (Å²) < 4.78 is 4.70. The monoisotopic (exact) mass is 317 g/mol. The largest absolute Gasteiger partial charge is 0.469 e. The number of carbonyl (C=O) groups is 2. The second-order valence-corrected chi connectivity index (χ2v) is 5.16. The first-order chi connectivity index (χ1) is 10.6. The van der Waals surface area contributed by atoms with E-state index in [1.165, 1.54) is 7.11 Å². The standard InChI is InChI=1S/C17H16ClNO3/c1-22-16(20)11-15(12-5-3-2-4-6-12)19-17(21)13-7-9-14(18)10-8-13/h2-10,15H,11H2,1H3,(H,19,21). The van der Waals surface area contributed by atoms with Crippen molar-refractivity contribution < 1.29 is 14.3 Å². The highest BCUT2D eigenvalue weighted by Gasteiger charge is 2.19. The Kier molecular flexibility index (Phi) is 5.55. The van der Waals surface area contributed by atoms with Crippen LogP contribution in [0.4, 0.5) is 0 Å². The number of carbonyl (C=O) groups excluding carboxylic acids is 2. The summed E-state index contributed by atoms with van der Waals surface area (Å²) in [6.07, 6.45) is 0.0693. The smallest absolute Gasteiger partial charge is 0.307 e. The molecule has 0 spiro atoms. The van der Waals surface area contributed by atoms with Crippen LogP contribution in [0.1, 0.15) is 28.4 Å². The number of ether oxygens (including phenoxy) is 1. The number of hydrogen-bond donors (Lipinski definition) is 1. The number of hydrogen-bond acceptors (Lipinski definition) is 3. The molecule has 1 unspecified atom stereocenters. The topological polar surface area (TPSA) is 55.4 Å². The van der Waals surface area contributed by atoms with Gasteiger partial charge >= 0.3 is 5.97 Å². The Morgan fingerprint density at radius 3 is 2.32 bits per heavy atom. The van der Waals surface area contributed by atoms with E-state index in [9.17, 15) is 9.59 Å². The summed E-state index contributed by atoms with van der Waals surface area (Å²) in [7, 11) is 1.32.